The van der Waals surface area contributed by atoms with E-state index in [1.807, 2.05) is 10.7 Å². The van der Waals surface area contributed by atoms with Crippen molar-refractivity contribution in [1.82, 2.24) is 35.1 Å². The lowest BCUT2D eigenvalue weighted by atomic mass is 9.93. The van der Waals surface area contributed by atoms with Gasteiger partial charge >= 0.3 is 0 Å². The van der Waals surface area contributed by atoms with Gasteiger partial charge in [0.2, 0.25) is 5.91 Å². The third-order valence-corrected chi connectivity index (χ3v) is 8.07. The van der Waals surface area contributed by atoms with Gasteiger partial charge in [0, 0.05) is 50.8 Å². The molecule has 2 saturated heterocycles. The summed E-state index contributed by atoms with van der Waals surface area (Å²) in [6.45, 7) is 15.4. The zero-order valence-electron chi connectivity index (χ0n) is 23.3. The average molecular weight is 511 g/mol. The minimum absolute atomic E-state index is 0.0578. The SMILES string of the molecule is C=C(CC)NC(CCCC(C)CC)c1cn2nc(CC3CCCNC3=O)c(N3CCN(C)CC3)nc2n1. The van der Waals surface area contributed by atoms with Crippen LogP contribution in [0, 0.1) is 11.8 Å². The molecule has 2 aliphatic rings. The van der Waals surface area contributed by atoms with Crippen molar-refractivity contribution in [3.63, 3.8) is 0 Å². The maximum atomic E-state index is 12.6. The maximum Gasteiger partial charge on any atom is 0.252 e. The minimum Gasteiger partial charge on any atom is -0.380 e. The standard InChI is InChI=1S/C28H46N8O/c1-6-20(3)10-8-12-23(30-21(4)7-2)25-19-36-28(31-25)32-26(35-16-14-34(5)15-17-35)24(33-36)18-22-11-9-13-29-27(22)37/h19-20,22-23,30H,4,6-18H2,1-3,5H3,(H,29,37). The van der Waals surface area contributed by atoms with Crippen LogP contribution >= 0.6 is 0 Å². The Bertz CT molecular complexity index is 1060. The first-order valence-corrected chi connectivity index (χ1v) is 14.3. The molecular formula is C28H46N8O. The molecule has 2 N–H and O–H groups in total. The zero-order chi connectivity index (χ0) is 26.4. The molecule has 0 aliphatic carbocycles. The van der Waals surface area contributed by atoms with E-state index in [0.29, 0.717) is 12.2 Å². The van der Waals surface area contributed by atoms with Crippen LogP contribution in [-0.4, -0.2) is 70.2 Å². The number of likely N-dealkylation sites (N-methyl/N-ethyl adjacent to an activating group) is 1. The lowest BCUT2D eigenvalue weighted by molar-refractivity contribution is -0.126. The van der Waals surface area contributed by atoms with E-state index >= 15 is 0 Å². The third-order valence-electron chi connectivity index (χ3n) is 8.07. The highest BCUT2D eigenvalue weighted by atomic mass is 16.1. The number of carbonyl (C=O) groups is 1. The van der Waals surface area contributed by atoms with Gasteiger partial charge in [-0.25, -0.2) is 9.50 Å². The second kappa shape index (κ2) is 12.7. The Morgan fingerprint density at radius 3 is 2.70 bits per heavy atom. The molecule has 204 valence electrons. The van der Waals surface area contributed by atoms with Gasteiger partial charge in [-0.2, -0.15) is 10.1 Å². The van der Waals surface area contributed by atoms with Crippen molar-refractivity contribution in [2.24, 2.45) is 11.8 Å². The summed E-state index contributed by atoms with van der Waals surface area (Å²) in [6.07, 6.45) is 9.95. The number of fused-ring (bicyclic) bond motifs is 1. The molecule has 9 nitrogen and oxygen atoms in total. The van der Waals surface area contributed by atoms with Gasteiger partial charge < -0.3 is 20.4 Å². The van der Waals surface area contributed by atoms with Gasteiger partial charge in [0.1, 0.15) is 5.69 Å². The number of nitrogens with one attached hydrogen (secondary N) is 2. The monoisotopic (exact) mass is 510 g/mol. The smallest absolute Gasteiger partial charge is 0.252 e. The molecular weight excluding hydrogens is 464 g/mol. The molecule has 2 aliphatic heterocycles. The molecule has 4 heterocycles. The molecule has 2 aromatic heterocycles. The Kier molecular flexibility index (Phi) is 9.40. The number of hydrogen-bond donors (Lipinski definition) is 2. The van der Waals surface area contributed by atoms with Crippen LogP contribution in [0.2, 0.25) is 0 Å². The molecule has 9 heteroatoms. The largest absolute Gasteiger partial charge is 0.380 e. The summed E-state index contributed by atoms with van der Waals surface area (Å²) in [7, 11) is 2.15. The van der Waals surface area contributed by atoms with Gasteiger partial charge in [-0.05, 0) is 38.6 Å². The maximum absolute atomic E-state index is 12.6. The van der Waals surface area contributed by atoms with Crippen LogP contribution in [0.5, 0.6) is 0 Å². The highest BCUT2D eigenvalue weighted by Crippen LogP contribution is 2.27. The van der Waals surface area contributed by atoms with E-state index in [4.69, 9.17) is 15.1 Å². The van der Waals surface area contributed by atoms with E-state index in [9.17, 15) is 4.79 Å². The molecule has 0 radical (unpaired) electrons. The number of piperidine rings is 1. The number of hydrogen-bond acceptors (Lipinski definition) is 7. The highest BCUT2D eigenvalue weighted by molar-refractivity contribution is 5.79. The average Bonchev–Trinajstić information content (AvgIpc) is 3.32. The van der Waals surface area contributed by atoms with Crippen LogP contribution < -0.4 is 15.5 Å². The summed E-state index contributed by atoms with van der Waals surface area (Å²) in [5, 5.41) is 11.7. The van der Waals surface area contributed by atoms with Gasteiger partial charge in [-0.1, -0.05) is 46.6 Å². The van der Waals surface area contributed by atoms with Crippen molar-refractivity contribution < 1.29 is 4.79 Å². The molecule has 37 heavy (non-hydrogen) atoms. The Balaban J connectivity index is 1.64. The fourth-order valence-electron chi connectivity index (χ4n) is 5.21. The quantitative estimate of drug-likeness (QED) is 0.450. The van der Waals surface area contributed by atoms with Gasteiger partial charge in [0.25, 0.3) is 5.78 Å². The van der Waals surface area contributed by atoms with E-state index in [-0.39, 0.29) is 17.9 Å². The molecule has 1 amide bonds. The number of anilines is 1. The normalized spacial score (nSPS) is 20.6. The van der Waals surface area contributed by atoms with Crippen molar-refractivity contribution >= 4 is 17.5 Å². The molecule has 0 bridgehead atoms. The molecule has 0 saturated carbocycles. The molecule has 2 aromatic rings. The van der Waals surface area contributed by atoms with E-state index in [1.165, 1.54) is 12.8 Å². The van der Waals surface area contributed by atoms with Gasteiger partial charge in [-0.3, -0.25) is 4.79 Å². The lowest BCUT2D eigenvalue weighted by Gasteiger charge is -2.34. The molecule has 0 spiro atoms. The third kappa shape index (κ3) is 7.00. The topological polar surface area (TPSA) is 90.7 Å². The molecule has 4 rings (SSSR count). The molecule has 3 unspecified atom stereocenters. The van der Waals surface area contributed by atoms with Crippen LogP contribution in [-0.2, 0) is 11.2 Å². The number of amides is 1. The lowest BCUT2D eigenvalue weighted by Crippen LogP contribution is -2.45. The van der Waals surface area contributed by atoms with Crippen LogP contribution in [0.4, 0.5) is 5.82 Å². The van der Waals surface area contributed by atoms with Crippen molar-refractivity contribution in [2.75, 3.05) is 44.7 Å². The molecule has 0 aromatic carbocycles. The van der Waals surface area contributed by atoms with Crippen molar-refractivity contribution in [1.29, 1.82) is 0 Å². The first kappa shape index (κ1) is 27.4. The number of nitrogens with zero attached hydrogens (tertiary/aromatic N) is 6. The fourth-order valence-corrected chi connectivity index (χ4v) is 5.21. The summed E-state index contributed by atoms with van der Waals surface area (Å²) in [5.41, 5.74) is 2.87. The highest BCUT2D eigenvalue weighted by Gasteiger charge is 2.28. The second-order valence-corrected chi connectivity index (χ2v) is 11.0. The molecule has 2 fully saturated rings. The minimum atomic E-state index is -0.0578. The van der Waals surface area contributed by atoms with Crippen LogP contribution in [0.25, 0.3) is 5.78 Å². The number of carbonyl (C=O) groups excluding carboxylic acids is 1. The fraction of sp³-hybridized carbons (Fsp3) is 0.714. The Morgan fingerprint density at radius 2 is 2.00 bits per heavy atom. The Morgan fingerprint density at radius 1 is 1.22 bits per heavy atom. The number of aromatic nitrogens is 4. The van der Waals surface area contributed by atoms with E-state index in [2.05, 4.69) is 54.8 Å². The number of imidazole rings is 1. The summed E-state index contributed by atoms with van der Waals surface area (Å²) in [5.74, 6) is 2.31. The van der Waals surface area contributed by atoms with Gasteiger partial charge in [0.05, 0.1) is 17.9 Å². The van der Waals surface area contributed by atoms with E-state index in [1.54, 1.807) is 0 Å². The van der Waals surface area contributed by atoms with Gasteiger partial charge in [0.15, 0.2) is 5.82 Å². The van der Waals surface area contributed by atoms with E-state index in [0.717, 1.165) is 93.6 Å². The Hall–Kier alpha value is -2.68. The van der Waals surface area contributed by atoms with Crippen molar-refractivity contribution in [3.8, 4) is 0 Å². The predicted octanol–water partition coefficient (Wildman–Crippen LogP) is 3.72. The van der Waals surface area contributed by atoms with E-state index < -0.39 is 0 Å². The molecule has 3 atom stereocenters. The number of rotatable bonds is 12. The second-order valence-electron chi connectivity index (χ2n) is 11.0. The van der Waals surface area contributed by atoms with Gasteiger partial charge in [-0.15, -0.1) is 0 Å². The predicted molar refractivity (Wildman–Crippen MR) is 149 cm³/mol. The number of allylic oxidation sites excluding steroid dienone is 1. The number of piperazine rings is 1. The summed E-state index contributed by atoms with van der Waals surface area (Å²) < 4.78 is 1.82. The first-order valence-electron chi connectivity index (χ1n) is 14.3. The summed E-state index contributed by atoms with van der Waals surface area (Å²) >= 11 is 0. The summed E-state index contributed by atoms with van der Waals surface area (Å²) in [4.78, 5) is 27.2. The summed E-state index contributed by atoms with van der Waals surface area (Å²) in [6, 6.07) is 0.0830. The van der Waals surface area contributed by atoms with Crippen LogP contribution in [0.3, 0.4) is 0 Å². The zero-order valence-corrected chi connectivity index (χ0v) is 23.3. The first-order chi connectivity index (χ1) is 17.9. The van der Waals surface area contributed by atoms with Crippen molar-refractivity contribution in [2.45, 2.75) is 78.2 Å². The van der Waals surface area contributed by atoms with Crippen LogP contribution in [0.15, 0.2) is 18.5 Å². The van der Waals surface area contributed by atoms with Crippen LogP contribution in [0.1, 0.15) is 83.1 Å². The van der Waals surface area contributed by atoms with Crippen molar-refractivity contribution in [3.05, 3.63) is 29.9 Å². The Labute approximate surface area is 222 Å².